The van der Waals surface area contributed by atoms with Crippen molar-refractivity contribution < 1.29 is 14.7 Å². The van der Waals surface area contributed by atoms with Gasteiger partial charge in [0, 0.05) is 6.54 Å². The van der Waals surface area contributed by atoms with Crippen LogP contribution in [0.4, 0.5) is 0 Å². The normalized spacial score (nSPS) is 14.0. The molecule has 0 saturated heterocycles. The number of hydrogen-bond acceptors (Lipinski definition) is 3. The van der Waals surface area contributed by atoms with E-state index < -0.39 is 17.9 Å². The monoisotopic (exact) mass is 306 g/mol. The lowest BCUT2D eigenvalue weighted by atomic mass is 9.87. The molecule has 0 radical (unpaired) electrons. The van der Waals surface area contributed by atoms with Crippen molar-refractivity contribution in [2.75, 3.05) is 6.54 Å². The van der Waals surface area contributed by atoms with Crippen molar-refractivity contribution in [1.29, 1.82) is 0 Å². The topological polar surface area (TPSA) is 78.4 Å². The van der Waals surface area contributed by atoms with Gasteiger partial charge in [-0.15, -0.1) is 0 Å². The maximum absolute atomic E-state index is 11.8. The van der Waals surface area contributed by atoms with Crippen molar-refractivity contribution in [3.05, 3.63) is 35.9 Å². The van der Waals surface area contributed by atoms with E-state index in [1.165, 1.54) is 0 Å². The zero-order valence-electron chi connectivity index (χ0n) is 13.7. The van der Waals surface area contributed by atoms with Crippen LogP contribution in [0.3, 0.4) is 0 Å². The first kappa shape index (κ1) is 18.2. The van der Waals surface area contributed by atoms with Gasteiger partial charge in [0.1, 0.15) is 0 Å². The molecule has 5 heteroatoms. The Hall–Kier alpha value is -1.88. The van der Waals surface area contributed by atoms with E-state index in [0.29, 0.717) is 6.42 Å². The summed E-state index contributed by atoms with van der Waals surface area (Å²) in [5.74, 6) is -1.34. The molecule has 0 aliphatic heterocycles. The van der Waals surface area contributed by atoms with Gasteiger partial charge in [-0.3, -0.25) is 9.59 Å². The summed E-state index contributed by atoms with van der Waals surface area (Å²) in [6, 6.07) is 9.20. The lowest BCUT2D eigenvalue weighted by molar-refractivity contribution is -0.139. The fourth-order valence-corrected chi connectivity index (χ4v) is 1.92. The second-order valence-electron chi connectivity index (χ2n) is 6.53. The smallest absolute Gasteiger partial charge is 0.309 e. The highest BCUT2D eigenvalue weighted by Gasteiger charge is 2.22. The van der Waals surface area contributed by atoms with Gasteiger partial charge in [0.2, 0.25) is 0 Å². The van der Waals surface area contributed by atoms with Crippen molar-refractivity contribution >= 4 is 11.8 Å². The van der Waals surface area contributed by atoms with Gasteiger partial charge in [-0.2, -0.15) is 0 Å². The summed E-state index contributed by atoms with van der Waals surface area (Å²) in [4.78, 5) is 23.5. The minimum Gasteiger partial charge on any atom is -0.393 e. The van der Waals surface area contributed by atoms with E-state index in [1.54, 1.807) is 0 Å². The number of carbonyl (C=O) groups is 2. The van der Waals surface area contributed by atoms with Crippen molar-refractivity contribution in [2.45, 2.75) is 46.3 Å². The first-order valence-electron chi connectivity index (χ1n) is 7.53. The van der Waals surface area contributed by atoms with Crippen LogP contribution in [0.1, 0.15) is 45.7 Å². The third-order valence-corrected chi connectivity index (χ3v) is 3.56. The van der Waals surface area contributed by atoms with Crippen LogP contribution in [-0.2, 0) is 9.59 Å². The number of benzene rings is 1. The van der Waals surface area contributed by atoms with Crippen LogP contribution < -0.4 is 10.6 Å². The molecule has 0 aromatic heterocycles. The van der Waals surface area contributed by atoms with E-state index >= 15 is 0 Å². The van der Waals surface area contributed by atoms with Crippen LogP contribution in [0.5, 0.6) is 0 Å². The minimum atomic E-state index is -0.677. The summed E-state index contributed by atoms with van der Waals surface area (Å²) in [7, 11) is 0. The molecule has 0 aliphatic carbocycles. The number of hydrogen-bond donors (Lipinski definition) is 3. The molecule has 0 fully saturated rings. The van der Waals surface area contributed by atoms with Crippen LogP contribution in [-0.4, -0.2) is 29.6 Å². The SMILES string of the molecule is CC(NC(=O)C(=O)NCCC(O)C(C)(C)C)c1ccccc1. The molecule has 122 valence electrons. The quantitative estimate of drug-likeness (QED) is 0.726. The molecule has 2 atom stereocenters. The molecule has 1 aromatic carbocycles. The predicted octanol–water partition coefficient (Wildman–Crippen LogP) is 1.78. The van der Waals surface area contributed by atoms with Crippen molar-refractivity contribution in [3.63, 3.8) is 0 Å². The van der Waals surface area contributed by atoms with Crippen LogP contribution in [0.25, 0.3) is 0 Å². The van der Waals surface area contributed by atoms with Gasteiger partial charge in [-0.05, 0) is 24.3 Å². The van der Waals surface area contributed by atoms with Gasteiger partial charge in [0.15, 0.2) is 0 Å². The highest BCUT2D eigenvalue weighted by atomic mass is 16.3. The van der Waals surface area contributed by atoms with Crippen LogP contribution >= 0.6 is 0 Å². The first-order valence-corrected chi connectivity index (χ1v) is 7.53. The van der Waals surface area contributed by atoms with E-state index in [-0.39, 0.29) is 18.0 Å². The Morgan fingerprint density at radius 2 is 1.73 bits per heavy atom. The second kappa shape index (κ2) is 7.94. The fraction of sp³-hybridized carbons (Fsp3) is 0.529. The summed E-state index contributed by atoms with van der Waals surface area (Å²) in [6.45, 7) is 7.86. The molecule has 5 nitrogen and oxygen atoms in total. The first-order chi connectivity index (χ1) is 10.2. The third kappa shape index (κ3) is 5.85. The van der Waals surface area contributed by atoms with E-state index in [4.69, 9.17) is 0 Å². The van der Waals surface area contributed by atoms with Gasteiger partial charge in [-0.1, -0.05) is 51.1 Å². The average molecular weight is 306 g/mol. The maximum Gasteiger partial charge on any atom is 0.309 e. The van der Waals surface area contributed by atoms with Gasteiger partial charge in [-0.25, -0.2) is 0 Å². The number of aliphatic hydroxyl groups is 1. The predicted molar refractivity (Wildman–Crippen MR) is 86.1 cm³/mol. The Morgan fingerprint density at radius 1 is 1.14 bits per heavy atom. The average Bonchev–Trinajstić information content (AvgIpc) is 2.46. The largest absolute Gasteiger partial charge is 0.393 e. The minimum absolute atomic E-state index is 0.236. The molecular weight excluding hydrogens is 280 g/mol. The summed E-state index contributed by atoms with van der Waals surface area (Å²) in [6.07, 6.45) is -0.115. The zero-order chi connectivity index (χ0) is 16.8. The fourth-order valence-electron chi connectivity index (χ4n) is 1.92. The molecule has 0 heterocycles. The van der Waals surface area contributed by atoms with Crippen molar-refractivity contribution in [2.24, 2.45) is 5.41 Å². The van der Waals surface area contributed by atoms with E-state index in [0.717, 1.165) is 5.56 Å². The summed E-state index contributed by atoms with van der Waals surface area (Å²) < 4.78 is 0. The van der Waals surface area contributed by atoms with Gasteiger partial charge < -0.3 is 15.7 Å². The number of amides is 2. The Labute approximate surface area is 132 Å². The molecule has 0 spiro atoms. The Balaban J connectivity index is 2.38. The zero-order valence-corrected chi connectivity index (χ0v) is 13.7. The highest BCUT2D eigenvalue weighted by Crippen LogP contribution is 2.20. The third-order valence-electron chi connectivity index (χ3n) is 3.56. The lowest BCUT2D eigenvalue weighted by Crippen LogP contribution is -2.42. The maximum atomic E-state index is 11.8. The van der Waals surface area contributed by atoms with Crippen LogP contribution in [0.15, 0.2) is 30.3 Å². The number of nitrogens with one attached hydrogen (secondary N) is 2. The summed E-state index contributed by atoms with van der Waals surface area (Å²) >= 11 is 0. The van der Waals surface area contributed by atoms with E-state index in [2.05, 4.69) is 10.6 Å². The van der Waals surface area contributed by atoms with Gasteiger partial charge >= 0.3 is 11.8 Å². The summed E-state index contributed by atoms with van der Waals surface area (Å²) in [5, 5.41) is 15.1. The Bertz CT molecular complexity index is 494. The molecule has 0 aliphatic rings. The molecule has 22 heavy (non-hydrogen) atoms. The highest BCUT2D eigenvalue weighted by molar-refractivity contribution is 6.35. The molecular formula is C17H26N2O3. The number of rotatable bonds is 5. The standard InChI is InChI=1S/C17H26N2O3/c1-12(13-8-6-5-7-9-13)19-16(22)15(21)18-11-10-14(20)17(2,3)4/h5-9,12,14,20H,10-11H2,1-4H3,(H,18,21)(H,19,22). The molecule has 0 bridgehead atoms. The molecule has 2 amide bonds. The van der Waals surface area contributed by atoms with E-state index in [9.17, 15) is 14.7 Å². The Morgan fingerprint density at radius 3 is 2.27 bits per heavy atom. The molecule has 1 rings (SSSR count). The molecule has 2 unspecified atom stereocenters. The lowest BCUT2D eigenvalue weighted by Gasteiger charge is -2.25. The number of carbonyl (C=O) groups excluding carboxylic acids is 2. The van der Waals surface area contributed by atoms with E-state index in [1.807, 2.05) is 58.0 Å². The second-order valence-corrected chi connectivity index (χ2v) is 6.53. The number of aliphatic hydroxyl groups excluding tert-OH is 1. The van der Waals surface area contributed by atoms with Crippen molar-refractivity contribution in [3.8, 4) is 0 Å². The molecule has 3 N–H and O–H groups in total. The molecule has 1 aromatic rings. The van der Waals surface area contributed by atoms with Crippen LogP contribution in [0, 0.1) is 5.41 Å². The molecule has 0 saturated carbocycles. The van der Waals surface area contributed by atoms with Crippen molar-refractivity contribution in [1.82, 2.24) is 10.6 Å². The Kier molecular flexibility index (Phi) is 6.56. The van der Waals surface area contributed by atoms with Crippen LogP contribution in [0.2, 0.25) is 0 Å². The van der Waals surface area contributed by atoms with Gasteiger partial charge in [0.25, 0.3) is 0 Å². The van der Waals surface area contributed by atoms with Gasteiger partial charge in [0.05, 0.1) is 12.1 Å². The summed E-state index contributed by atoms with van der Waals surface area (Å²) in [5.41, 5.74) is 0.696.